The summed E-state index contributed by atoms with van der Waals surface area (Å²) >= 11 is 0. The number of ether oxygens (including phenoxy) is 1. The number of rotatable bonds is 7. The zero-order valence-electron chi connectivity index (χ0n) is 14.6. The van der Waals surface area contributed by atoms with Gasteiger partial charge < -0.3 is 9.72 Å². The Balaban J connectivity index is 2.38. The molecule has 24 heavy (non-hydrogen) atoms. The second-order valence-electron chi connectivity index (χ2n) is 5.56. The summed E-state index contributed by atoms with van der Waals surface area (Å²) in [7, 11) is 0. The number of aromatic amines is 1. The van der Waals surface area contributed by atoms with Gasteiger partial charge in [-0.15, -0.1) is 0 Å². The van der Waals surface area contributed by atoms with E-state index in [1.54, 1.807) is 0 Å². The van der Waals surface area contributed by atoms with Crippen LogP contribution in [-0.4, -0.2) is 17.6 Å². The molecule has 0 radical (unpaired) electrons. The van der Waals surface area contributed by atoms with Crippen molar-refractivity contribution >= 4 is 28.5 Å². The van der Waals surface area contributed by atoms with Gasteiger partial charge in [0.15, 0.2) is 0 Å². The number of aromatic nitrogens is 1. The first-order valence-corrected chi connectivity index (χ1v) is 8.46. The molecule has 0 aliphatic carbocycles. The molecule has 2 rings (SSSR count). The molecule has 0 unspecified atom stereocenters. The molecule has 3 heteroatoms. The van der Waals surface area contributed by atoms with Gasteiger partial charge in [-0.3, -0.25) is 0 Å². The van der Waals surface area contributed by atoms with Crippen LogP contribution in [0, 0.1) is 0 Å². The van der Waals surface area contributed by atoms with E-state index in [0.717, 1.165) is 40.6 Å². The van der Waals surface area contributed by atoms with Crippen LogP contribution >= 0.6 is 0 Å². The van der Waals surface area contributed by atoms with E-state index in [2.05, 4.69) is 30.1 Å². The van der Waals surface area contributed by atoms with Crippen LogP contribution in [0.1, 0.15) is 44.9 Å². The average Bonchev–Trinajstić information content (AvgIpc) is 2.96. The van der Waals surface area contributed by atoms with Crippen molar-refractivity contribution in [3.63, 3.8) is 0 Å². The molecular weight excluding hydrogens is 298 g/mol. The lowest BCUT2D eigenvalue weighted by molar-refractivity contribution is -0.137. The van der Waals surface area contributed by atoms with Gasteiger partial charge in [-0.2, -0.15) is 0 Å². The summed E-state index contributed by atoms with van der Waals surface area (Å²) in [6.45, 7) is 6.54. The van der Waals surface area contributed by atoms with Crippen molar-refractivity contribution in [2.24, 2.45) is 0 Å². The van der Waals surface area contributed by atoms with Gasteiger partial charge >= 0.3 is 5.97 Å². The third kappa shape index (κ3) is 4.25. The summed E-state index contributed by atoms with van der Waals surface area (Å²) in [4.78, 5) is 15.3. The highest BCUT2D eigenvalue weighted by Gasteiger charge is 2.11. The Hall–Kier alpha value is -2.55. The Bertz CT molecular complexity index is 778. The van der Waals surface area contributed by atoms with Crippen molar-refractivity contribution in [2.45, 2.75) is 33.6 Å². The van der Waals surface area contributed by atoms with E-state index in [1.165, 1.54) is 6.08 Å². The number of unbranched alkanes of at least 4 members (excludes halogenated alkanes) is 1. The van der Waals surface area contributed by atoms with E-state index in [1.807, 2.05) is 44.2 Å². The fourth-order valence-corrected chi connectivity index (χ4v) is 2.58. The highest BCUT2D eigenvalue weighted by Crippen LogP contribution is 2.29. The Labute approximate surface area is 143 Å². The smallest absolute Gasteiger partial charge is 0.330 e. The Kier molecular flexibility index (Phi) is 6.62. The standard InChI is InChI=1S/C21H25NO2/c1-4-7-15-24-20(23)14-13-18-17-11-8-9-12-19(17)22-21(18)16(6-3)10-5-2/h5-6,8-14,22H,4,7,15H2,1-3H3/b10-5-,14-13+,16-6+. The lowest BCUT2D eigenvalue weighted by Crippen LogP contribution is -2.01. The number of fused-ring (bicyclic) bond motifs is 1. The molecule has 2 aromatic rings. The van der Waals surface area contributed by atoms with E-state index in [-0.39, 0.29) is 5.97 Å². The molecule has 1 aromatic heterocycles. The lowest BCUT2D eigenvalue weighted by Gasteiger charge is -2.02. The number of para-hydroxylation sites is 1. The Morgan fingerprint density at radius 2 is 2.00 bits per heavy atom. The third-order valence-electron chi connectivity index (χ3n) is 3.82. The van der Waals surface area contributed by atoms with Crippen molar-refractivity contribution < 1.29 is 9.53 Å². The zero-order valence-corrected chi connectivity index (χ0v) is 14.6. The summed E-state index contributed by atoms with van der Waals surface area (Å²) in [5.41, 5.74) is 4.15. The van der Waals surface area contributed by atoms with Crippen LogP contribution in [0.3, 0.4) is 0 Å². The SMILES string of the molecule is C/C=C\C(=C/C)c1[nH]c2ccccc2c1/C=C/C(=O)OCCCC. The first kappa shape index (κ1) is 17.8. The van der Waals surface area contributed by atoms with Crippen molar-refractivity contribution in [3.05, 3.63) is 59.8 Å². The van der Waals surface area contributed by atoms with E-state index in [0.29, 0.717) is 6.61 Å². The Morgan fingerprint density at radius 3 is 2.71 bits per heavy atom. The molecule has 0 bridgehead atoms. The van der Waals surface area contributed by atoms with Crippen LogP contribution in [0.15, 0.2) is 48.6 Å². The monoisotopic (exact) mass is 323 g/mol. The number of H-pyrrole nitrogens is 1. The van der Waals surface area contributed by atoms with Gasteiger partial charge in [-0.1, -0.05) is 49.8 Å². The van der Waals surface area contributed by atoms with Crippen LogP contribution in [-0.2, 0) is 9.53 Å². The molecular formula is C21H25NO2. The highest BCUT2D eigenvalue weighted by molar-refractivity contribution is 5.99. The largest absolute Gasteiger partial charge is 0.463 e. The number of nitrogens with one attached hydrogen (secondary N) is 1. The number of benzene rings is 1. The van der Waals surface area contributed by atoms with Crippen molar-refractivity contribution in [1.29, 1.82) is 0 Å². The molecule has 0 fully saturated rings. The zero-order chi connectivity index (χ0) is 17.4. The molecule has 0 aliphatic rings. The van der Waals surface area contributed by atoms with Gasteiger partial charge in [0.1, 0.15) is 0 Å². The maximum absolute atomic E-state index is 11.9. The fourth-order valence-electron chi connectivity index (χ4n) is 2.58. The highest BCUT2D eigenvalue weighted by atomic mass is 16.5. The van der Waals surface area contributed by atoms with Crippen LogP contribution in [0.25, 0.3) is 22.6 Å². The minimum absolute atomic E-state index is 0.298. The van der Waals surface area contributed by atoms with Crippen LogP contribution in [0.5, 0.6) is 0 Å². The third-order valence-corrected chi connectivity index (χ3v) is 3.82. The predicted octanol–water partition coefficient (Wildman–Crippen LogP) is 5.50. The van der Waals surface area contributed by atoms with Gasteiger partial charge in [0.2, 0.25) is 0 Å². The normalized spacial score (nSPS) is 12.5. The second kappa shape index (κ2) is 8.92. The maximum Gasteiger partial charge on any atom is 0.330 e. The van der Waals surface area contributed by atoms with Crippen molar-refractivity contribution in [3.8, 4) is 0 Å². The molecule has 1 heterocycles. The van der Waals surface area contributed by atoms with E-state index in [9.17, 15) is 4.79 Å². The Morgan fingerprint density at radius 1 is 1.21 bits per heavy atom. The number of hydrogen-bond donors (Lipinski definition) is 1. The minimum Gasteiger partial charge on any atom is -0.463 e. The second-order valence-corrected chi connectivity index (χ2v) is 5.56. The number of allylic oxidation sites excluding steroid dienone is 4. The van der Waals surface area contributed by atoms with E-state index >= 15 is 0 Å². The summed E-state index contributed by atoms with van der Waals surface area (Å²) in [6.07, 6.45) is 11.4. The molecule has 1 aromatic carbocycles. The van der Waals surface area contributed by atoms with Crippen LogP contribution in [0.2, 0.25) is 0 Å². The molecule has 0 saturated carbocycles. The van der Waals surface area contributed by atoms with Crippen molar-refractivity contribution in [2.75, 3.05) is 6.61 Å². The van der Waals surface area contributed by atoms with Crippen LogP contribution < -0.4 is 0 Å². The minimum atomic E-state index is -0.298. The first-order chi connectivity index (χ1) is 11.7. The number of esters is 1. The fraction of sp³-hybridized carbons (Fsp3) is 0.286. The molecule has 0 saturated heterocycles. The van der Waals surface area contributed by atoms with Gasteiger partial charge in [0.05, 0.1) is 12.3 Å². The van der Waals surface area contributed by atoms with E-state index in [4.69, 9.17) is 4.74 Å². The van der Waals surface area contributed by atoms with E-state index < -0.39 is 0 Å². The molecule has 3 nitrogen and oxygen atoms in total. The number of hydrogen-bond acceptors (Lipinski definition) is 2. The van der Waals surface area contributed by atoms with Gasteiger partial charge in [0.25, 0.3) is 0 Å². The van der Waals surface area contributed by atoms with Crippen molar-refractivity contribution in [1.82, 2.24) is 4.98 Å². The molecule has 0 aliphatic heterocycles. The summed E-state index contributed by atoms with van der Waals surface area (Å²) in [5, 5.41) is 1.09. The molecule has 1 N–H and O–H groups in total. The maximum atomic E-state index is 11.9. The molecule has 0 amide bonds. The summed E-state index contributed by atoms with van der Waals surface area (Å²) in [6, 6.07) is 8.10. The number of carbonyl (C=O) groups is 1. The van der Waals surface area contributed by atoms with Gasteiger partial charge in [-0.05, 0) is 38.0 Å². The molecule has 126 valence electrons. The summed E-state index contributed by atoms with van der Waals surface area (Å²) in [5.74, 6) is -0.298. The van der Waals surface area contributed by atoms with Crippen LogP contribution in [0.4, 0.5) is 0 Å². The first-order valence-electron chi connectivity index (χ1n) is 8.46. The quantitative estimate of drug-likeness (QED) is 0.316. The number of carbonyl (C=O) groups excluding carboxylic acids is 1. The van der Waals surface area contributed by atoms with Gasteiger partial charge in [0, 0.05) is 22.5 Å². The summed E-state index contributed by atoms with van der Waals surface area (Å²) < 4.78 is 5.20. The van der Waals surface area contributed by atoms with Gasteiger partial charge in [-0.25, -0.2) is 4.79 Å². The predicted molar refractivity (Wildman–Crippen MR) is 102 cm³/mol. The topological polar surface area (TPSA) is 42.1 Å². The lowest BCUT2D eigenvalue weighted by atomic mass is 10.0. The molecule has 0 atom stereocenters. The average molecular weight is 323 g/mol. The molecule has 0 spiro atoms.